The minimum Gasteiger partial charge on any atom is -0.490 e. The van der Waals surface area contributed by atoms with E-state index in [1.807, 2.05) is 72.8 Å². The number of hydrogen-bond donors (Lipinski definition) is 1. The quantitative estimate of drug-likeness (QED) is 0.627. The molecule has 2 amide bonds. The van der Waals surface area contributed by atoms with Crippen LogP contribution in [-0.4, -0.2) is 25.0 Å². The molecule has 0 radical (unpaired) electrons. The molecule has 5 nitrogen and oxygen atoms in total. The van der Waals surface area contributed by atoms with E-state index in [2.05, 4.69) is 17.4 Å². The lowest BCUT2D eigenvalue weighted by molar-refractivity contribution is -0.125. The van der Waals surface area contributed by atoms with Crippen LogP contribution >= 0.6 is 0 Å². The van der Waals surface area contributed by atoms with Gasteiger partial charge in [-0.2, -0.15) is 0 Å². The van der Waals surface area contributed by atoms with Gasteiger partial charge < -0.3 is 15.0 Å². The number of carbonyl (C=O) groups is 2. The van der Waals surface area contributed by atoms with Crippen molar-refractivity contribution in [2.75, 3.05) is 18.1 Å². The zero-order valence-electron chi connectivity index (χ0n) is 17.4. The van der Waals surface area contributed by atoms with Crippen LogP contribution in [0.25, 0.3) is 0 Å². The Morgan fingerprint density at radius 2 is 1.55 bits per heavy atom. The fourth-order valence-electron chi connectivity index (χ4n) is 3.84. The van der Waals surface area contributed by atoms with E-state index in [1.165, 1.54) is 0 Å². The zero-order valence-corrected chi connectivity index (χ0v) is 17.4. The number of carbonyl (C=O) groups excluding carboxylic acids is 2. The second-order valence-corrected chi connectivity index (χ2v) is 7.58. The van der Waals surface area contributed by atoms with E-state index in [4.69, 9.17) is 4.74 Å². The number of hydrogen-bond acceptors (Lipinski definition) is 3. The normalized spacial score (nSPS) is 13.6. The Labute approximate surface area is 182 Å². The molecule has 1 unspecified atom stereocenters. The predicted molar refractivity (Wildman–Crippen MR) is 121 cm³/mol. The lowest BCUT2D eigenvalue weighted by Gasteiger charge is -2.29. The summed E-state index contributed by atoms with van der Waals surface area (Å²) in [5.74, 6) is 0.517. The first-order chi connectivity index (χ1) is 15.2. The van der Waals surface area contributed by atoms with Crippen molar-refractivity contribution in [2.24, 2.45) is 0 Å². The largest absolute Gasteiger partial charge is 0.490 e. The number of nitrogens with one attached hydrogen (secondary N) is 1. The molecule has 0 bridgehead atoms. The number of para-hydroxylation sites is 2. The number of fused-ring (bicyclic) bond motifs is 1. The molecule has 0 saturated heterocycles. The molecule has 3 aromatic rings. The lowest BCUT2D eigenvalue weighted by atomic mass is 9.98. The highest BCUT2D eigenvalue weighted by Crippen LogP contribution is 2.31. The number of benzene rings is 3. The van der Waals surface area contributed by atoms with Gasteiger partial charge in [-0.25, -0.2) is 0 Å². The highest BCUT2D eigenvalue weighted by atomic mass is 16.5. The number of amides is 2. The standard InChI is InChI=1S/C26H26N2O3/c29-25(15-16-26(30)28-17-18-31-24-14-8-7-13-23(24)28)27-22(21-11-5-2-6-12-21)19-20-9-3-1-4-10-20/h1-14,22H,15-19H2,(H,27,29). The van der Waals surface area contributed by atoms with Crippen LogP contribution in [0.3, 0.4) is 0 Å². The molecule has 1 N–H and O–H groups in total. The molecule has 1 atom stereocenters. The van der Waals surface area contributed by atoms with E-state index < -0.39 is 0 Å². The van der Waals surface area contributed by atoms with E-state index in [0.29, 0.717) is 25.3 Å². The van der Waals surface area contributed by atoms with Gasteiger partial charge in [0.1, 0.15) is 12.4 Å². The molecule has 1 aliphatic heterocycles. The smallest absolute Gasteiger partial charge is 0.227 e. The molecule has 0 spiro atoms. The minimum atomic E-state index is -0.143. The summed E-state index contributed by atoms with van der Waals surface area (Å²) in [6, 6.07) is 27.4. The van der Waals surface area contributed by atoms with Gasteiger partial charge in [0, 0.05) is 12.8 Å². The van der Waals surface area contributed by atoms with Gasteiger partial charge in [0.25, 0.3) is 0 Å². The highest BCUT2D eigenvalue weighted by molar-refractivity contribution is 5.97. The van der Waals surface area contributed by atoms with Gasteiger partial charge in [-0.3, -0.25) is 9.59 Å². The third-order valence-electron chi connectivity index (χ3n) is 5.42. The second kappa shape index (κ2) is 9.94. The molecule has 158 valence electrons. The average molecular weight is 415 g/mol. The molecule has 5 heteroatoms. The SMILES string of the molecule is O=C(CCC(=O)N1CCOc2ccccc21)NC(Cc1ccccc1)c1ccccc1. The first-order valence-corrected chi connectivity index (χ1v) is 10.6. The van der Waals surface area contributed by atoms with Gasteiger partial charge in [-0.15, -0.1) is 0 Å². The number of nitrogens with zero attached hydrogens (tertiary/aromatic N) is 1. The molecule has 0 aromatic heterocycles. The molecule has 0 aliphatic carbocycles. The summed E-state index contributed by atoms with van der Waals surface area (Å²) in [7, 11) is 0. The summed E-state index contributed by atoms with van der Waals surface area (Å²) in [6.45, 7) is 0.959. The molecule has 1 aliphatic rings. The van der Waals surface area contributed by atoms with Crippen molar-refractivity contribution in [1.29, 1.82) is 0 Å². The van der Waals surface area contributed by atoms with Crippen LogP contribution in [0, 0.1) is 0 Å². The van der Waals surface area contributed by atoms with Crippen LogP contribution in [0.1, 0.15) is 30.0 Å². The van der Waals surface area contributed by atoms with Crippen LogP contribution in [-0.2, 0) is 16.0 Å². The summed E-state index contributed by atoms with van der Waals surface area (Å²) in [6.07, 6.45) is 1.00. The third kappa shape index (κ3) is 5.31. The van der Waals surface area contributed by atoms with Gasteiger partial charge in [-0.1, -0.05) is 72.8 Å². The monoisotopic (exact) mass is 414 g/mol. The van der Waals surface area contributed by atoms with Gasteiger partial charge >= 0.3 is 0 Å². The Morgan fingerprint density at radius 3 is 2.32 bits per heavy atom. The van der Waals surface area contributed by atoms with Crippen molar-refractivity contribution >= 4 is 17.5 Å². The van der Waals surface area contributed by atoms with Gasteiger partial charge in [0.15, 0.2) is 0 Å². The Bertz CT molecular complexity index is 1020. The first kappa shape index (κ1) is 20.7. The fourth-order valence-corrected chi connectivity index (χ4v) is 3.84. The molecular weight excluding hydrogens is 388 g/mol. The maximum atomic E-state index is 12.8. The Balaban J connectivity index is 1.38. The lowest BCUT2D eigenvalue weighted by Crippen LogP contribution is -2.38. The predicted octanol–water partition coefficient (Wildman–Crippen LogP) is 4.29. The fraction of sp³-hybridized carbons (Fsp3) is 0.231. The highest BCUT2D eigenvalue weighted by Gasteiger charge is 2.24. The second-order valence-electron chi connectivity index (χ2n) is 7.58. The van der Waals surface area contributed by atoms with E-state index in [-0.39, 0.29) is 30.7 Å². The van der Waals surface area contributed by atoms with Crippen molar-refractivity contribution < 1.29 is 14.3 Å². The van der Waals surface area contributed by atoms with Crippen molar-refractivity contribution in [3.05, 3.63) is 96.1 Å². The molecular formula is C26H26N2O3. The summed E-state index contributed by atoms with van der Waals surface area (Å²) < 4.78 is 5.61. The van der Waals surface area contributed by atoms with Crippen LogP contribution in [0.4, 0.5) is 5.69 Å². The number of anilines is 1. The van der Waals surface area contributed by atoms with E-state index >= 15 is 0 Å². The maximum Gasteiger partial charge on any atom is 0.227 e. The van der Waals surface area contributed by atoms with E-state index in [1.54, 1.807) is 4.90 Å². The van der Waals surface area contributed by atoms with Crippen LogP contribution in [0.2, 0.25) is 0 Å². The minimum absolute atomic E-state index is 0.0646. The molecule has 31 heavy (non-hydrogen) atoms. The summed E-state index contributed by atoms with van der Waals surface area (Å²) in [4.78, 5) is 27.3. The Kier molecular flexibility index (Phi) is 6.62. The molecule has 4 rings (SSSR count). The third-order valence-corrected chi connectivity index (χ3v) is 5.42. The summed E-state index contributed by atoms with van der Waals surface area (Å²) in [5.41, 5.74) is 2.97. The van der Waals surface area contributed by atoms with Crippen molar-refractivity contribution in [3.8, 4) is 5.75 Å². The molecule has 0 fully saturated rings. The summed E-state index contributed by atoms with van der Waals surface area (Å²) in [5, 5.41) is 3.12. The number of rotatable bonds is 7. The topological polar surface area (TPSA) is 58.6 Å². The van der Waals surface area contributed by atoms with Gasteiger partial charge in [-0.05, 0) is 29.7 Å². The van der Waals surface area contributed by atoms with Gasteiger partial charge in [0.05, 0.1) is 18.3 Å². The van der Waals surface area contributed by atoms with Crippen molar-refractivity contribution in [3.63, 3.8) is 0 Å². The molecule has 1 heterocycles. The average Bonchev–Trinajstić information content (AvgIpc) is 2.83. The maximum absolute atomic E-state index is 12.8. The molecule has 3 aromatic carbocycles. The Morgan fingerprint density at radius 1 is 0.871 bits per heavy atom. The summed E-state index contributed by atoms with van der Waals surface area (Å²) >= 11 is 0. The molecule has 0 saturated carbocycles. The van der Waals surface area contributed by atoms with E-state index in [9.17, 15) is 9.59 Å². The van der Waals surface area contributed by atoms with E-state index in [0.717, 1.165) is 16.8 Å². The first-order valence-electron chi connectivity index (χ1n) is 10.6. The van der Waals surface area contributed by atoms with Crippen LogP contribution in [0.15, 0.2) is 84.9 Å². The van der Waals surface area contributed by atoms with Crippen molar-refractivity contribution in [2.45, 2.75) is 25.3 Å². The number of ether oxygens (including phenoxy) is 1. The zero-order chi connectivity index (χ0) is 21.5. The van der Waals surface area contributed by atoms with Crippen molar-refractivity contribution in [1.82, 2.24) is 5.32 Å². The van der Waals surface area contributed by atoms with Crippen LogP contribution < -0.4 is 15.0 Å². The van der Waals surface area contributed by atoms with Crippen LogP contribution in [0.5, 0.6) is 5.75 Å². The van der Waals surface area contributed by atoms with Gasteiger partial charge in [0.2, 0.25) is 11.8 Å². The Hall–Kier alpha value is -3.60.